The van der Waals surface area contributed by atoms with Crippen molar-refractivity contribution >= 4 is 0 Å². The first kappa shape index (κ1) is 13.4. The Hall–Kier alpha value is -1.02. The maximum atomic E-state index is 6.04. The molecule has 1 aromatic carbocycles. The van der Waals surface area contributed by atoms with Gasteiger partial charge in [-0.3, -0.25) is 0 Å². The van der Waals surface area contributed by atoms with Crippen LogP contribution in [0.2, 0.25) is 0 Å². The molecule has 1 saturated carbocycles. The highest BCUT2D eigenvalue weighted by Crippen LogP contribution is 2.26. The summed E-state index contributed by atoms with van der Waals surface area (Å²) in [5.74, 6) is 1.03. The molecule has 0 saturated heterocycles. The largest absolute Gasteiger partial charge is 0.490 e. The Balaban J connectivity index is 1.95. The number of benzene rings is 1. The summed E-state index contributed by atoms with van der Waals surface area (Å²) in [4.78, 5) is 0. The maximum Gasteiger partial charge on any atom is 0.120 e. The minimum atomic E-state index is 0.400. The standard InChI is InChI=1S/C16H25NO/c1-3-11-17-13(2)14-7-6-10-16(12-14)18-15-8-4-5-9-15/h6-7,10,12-13,15,17H,3-5,8-9,11H2,1-2H3/t13-/m0/s1. The van der Waals surface area contributed by atoms with Crippen LogP contribution in [0, 0.1) is 0 Å². The molecule has 2 rings (SSSR count). The maximum absolute atomic E-state index is 6.04. The van der Waals surface area contributed by atoms with E-state index in [0.717, 1.165) is 12.3 Å². The van der Waals surface area contributed by atoms with Crippen molar-refractivity contribution in [1.82, 2.24) is 5.32 Å². The van der Waals surface area contributed by atoms with Gasteiger partial charge in [-0.25, -0.2) is 0 Å². The summed E-state index contributed by atoms with van der Waals surface area (Å²) < 4.78 is 6.04. The van der Waals surface area contributed by atoms with E-state index in [1.54, 1.807) is 0 Å². The van der Waals surface area contributed by atoms with Crippen LogP contribution in [0.3, 0.4) is 0 Å². The van der Waals surface area contributed by atoms with Crippen molar-refractivity contribution in [3.8, 4) is 5.75 Å². The summed E-state index contributed by atoms with van der Waals surface area (Å²) >= 11 is 0. The van der Waals surface area contributed by atoms with Gasteiger partial charge in [-0.2, -0.15) is 0 Å². The fraction of sp³-hybridized carbons (Fsp3) is 0.625. The second-order valence-electron chi connectivity index (χ2n) is 5.27. The van der Waals surface area contributed by atoms with Crippen LogP contribution in [0.5, 0.6) is 5.75 Å². The Kier molecular flexibility index (Phi) is 5.06. The van der Waals surface area contributed by atoms with Gasteiger partial charge in [0.25, 0.3) is 0 Å². The minimum Gasteiger partial charge on any atom is -0.490 e. The molecule has 0 radical (unpaired) electrons. The van der Waals surface area contributed by atoms with Crippen LogP contribution < -0.4 is 10.1 Å². The van der Waals surface area contributed by atoms with Gasteiger partial charge >= 0.3 is 0 Å². The molecular weight excluding hydrogens is 222 g/mol. The summed E-state index contributed by atoms with van der Waals surface area (Å²) in [6.07, 6.45) is 6.68. The number of hydrogen-bond donors (Lipinski definition) is 1. The lowest BCUT2D eigenvalue weighted by atomic mass is 10.1. The quantitative estimate of drug-likeness (QED) is 0.818. The van der Waals surface area contributed by atoms with Crippen molar-refractivity contribution in [2.75, 3.05) is 6.54 Å². The zero-order valence-electron chi connectivity index (χ0n) is 11.6. The van der Waals surface area contributed by atoms with Crippen molar-refractivity contribution in [3.63, 3.8) is 0 Å². The van der Waals surface area contributed by atoms with E-state index in [0.29, 0.717) is 12.1 Å². The highest BCUT2D eigenvalue weighted by atomic mass is 16.5. The molecule has 0 amide bonds. The third-order valence-electron chi connectivity index (χ3n) is 3.66. The second-order valence-corrected chi connectivity index (χ2v) is 5.27. The first-order chi connectivity index (χ1) is 8.79. The van der Waals surface area contributed by atoms with Crippen molar-refractivity contribution in [2.24, 2.45) is 0 Å². The second kappa shape index (κ2) is 6.79. The van der Waals surface area contributed by atoms with E-state index in [2.05, 4.69) is 43.4 Å². The molecule has 100 valence electrons. The SMILES string of the molecule is CCCN[C@@H](C)c1cccc(OC2CCCC2)c1. The van der Waals surface area contributed by atoms with E-state index < -0.39 is 0 Å². The summed E-state index contributed by atoms with van der Waals surface area (Å²) in [7, 11) is 0. The lowest BCUT2D eigenvalue weighted by molar-refractivity contribution is 0.209. The first-order valence-electron chi connectivity index (χ1n) is 7.29. The summed E-state index contributed by atoms with van der Waals surface area (Å²) in [5, 5.41) is 3.51. The van der Waals surface area contributed by atoms with Crippen molar-refractivity contribution < 1.29 is 4.74 Å². The van der Waals surface area contributed by atoms with Crippen LogP contribution in [0.1, 0.15) is 57.6 Å². The average molecular weight is 247 g/mol. The summed E-state index contributed by atoms with van der Waals surface area (Å²) in [6.45, 7) is 5.47. The predicted octanol–water partition coefficient (Wildman–Crippen LogP) is 4.07. The monoisotopic (exact) mass is 247 g/mol. The van der Waals surface area contributed by atoms with Gasteiger partial charge in [-0.05, 0) is 63.3 Å². The third kappa shape index (κ3) is 3.74. The number of hydrogen-bond acceptors (Lipinski definition) is 2. The van der Waals surface area contributed by atoms with E-state index in [9.17, 15) is 0 Å². The Bertz CT molecular complexity index is 358. The van der Waals surface area contributed by atoms with Crippen LogP contribution in [0.15, 0.2) is 24.3 Å². The molecule has 1 aliphatic carbocycles. The molecule has 1 aromatic rings. The molecule has 18 heavy (non-hydrogen) atoms. The molecule has 2 nitrogen and oxygen atoms in total. The molecule has 0 spiro atoms. The van der Waals surface area contributed by atoms with Crippen molar-refractivity contribution in [1.29, 1.82) is 0 Å². The van der Waals surface area contributed by atoms with Gasteiger partial charge in [-0.15, -0.1) is 0 Å². The average Bonchev–Trinajstić information content (AvgIpc) is 2.89. The van der Waals surface area contributed by atoms with Gasteiger partial charge in [0.05, 0.1) is 6.10 Å². The number of rotatable bonds is 6. The van der Waals surface area contributed by atoms with Gasteiger partial charge in [0.2, 0.25) is 0 Å². The van der Waals surface area contributed by atoms with E-state index >= 15 is 0 Å². The number of ether oxygens (including phenoxy) is 1. The zero-order valence-corrected chi connectivity index (χ0v) is 11.6. The van der Waals surface area contributed by atoms with Gasteiger partial charge in [0.15, 0.2) is 0 Å². The fourth-order valence-electron chi connectivity index (χ4n) is 2.53. The molecule has 1 atom stereocenters. The van der Waals surface area contributed by atoms with Crippen molar-refractivity contribution in [2.45, 2.75) is 58.1 Å². The third-order valence-corrected chi connectivity index (χ3v) is 3.66. The minimum absolute atomic E-state index is 0.400. The fourth-order valence-corrected chi connectivity index (χ4v) is 2.53. The lowest BCUT2D eigenvalue weighted by Crippen LogP contribution is -2.19. The molecule has 0 heterocycles. The molecule has 0 bridgehead atoms. The van der Waals surface area contributed by atoms with Gasteiger partial charge < -0.3 is 10.1 Å². The molecule has 2 heteroatoms. The Morgan fingerprint density at radius 1 is 1.33 bits per heavy atom. The molecule has 1 aliphatic rings. The molecule has 1 fully saturated rings. The Labute approximate surface area is 111 Å². The predicted molar refractivity (Wildman–Crippen MR) is 76.0 cm³/mol. The number of nitrogens with one attached hydrogen (secondary N) is 1. The molecular formula is C16H25NO. The van der Waals surface area contributed by atoms with Crippen LogP contribution in [-0.4, -0.2) is 12.6 Å². The van der Waals surface area contributed by atoms with E-state index in [1.165, 1.54) is 37.7 Å². The zero-order chi connectivity index (χ0) is 12.8. The Morgan fingerprint density at radius 2 is 2.11 bits per heavy atom. The van der Waals surface area contributed by atoms with Gasteiger partial charge in [0, 0.05) is 6.04 Å². The molecule has 0 unspecified atom stereocenters. The van der Waals surface area contributed by atoms with Crippen LogP contribution in [-0.2, 0) is 0 Å². The van der Waals surface area contributed by atoms with Gasteiger partial charge in [0.1, 0.15) is 5.75 Å². The summed E-state index contributed by atoms with van der Waals surface area (Å²) in [5.41, 5.74) is 1.32. The van der Waals surface area contributed by atoms with E-state index in [1.807, 2.05) is 0 Å². The summed E-state index contributed by atoms with van der Waals surface area (Å²) in [6, 6.07) is 8.94. The van der Waals surface area contributed by atoms with E-state index in [4.69, 9.17) is 4.74 Å². The highest BCUT2D eigenvalue weighted by Gasteiger charge is 2.16. The molecule has 0 aromatic heterocycles. The van der Waals surface area contributed by atoms with Crippen LogP contribution >= 0.6 is 0 Å². The first-order valence-corrected chi connectivity index (χ1v) is 7.29. The Morgan fingerprint density at radius 3 is 2.83 bits per heavy atom. The lowest BCUT2D eigenvalue weighted by Gasteiger charge is -2.17. The van der Waals surface area contributed by atoms with Crippen molar-refractivity contribution in [3.05, 3.63) is 29.8 Å². The van der Waals surface area contributed by atoms with E-state index in [-0.39, 0.29) is 0 Å². The smallest absolute Gasteiger partial charge is 0.120 e. The molecule has 0 aliphatic heterocycles. The van der Waals surface area contributed by atoms with Crippen LogP contribution in [0.25, 0.3) is 0 Å². The molecule has 1 N–H and O–H groups in total. The highest BCUT2D eigenvalue weighted by molar-refractivity contribution is 5.30. The normalized spacial score (nSPS) is 17.9. The topological polar surface area (TPSA) is 21.3 Å². The van der Waals surface area contributed by atoms with Gasteiger partial charge in [-0.1, -0.05) is 19.1 Å². The van der Waals surface area contributed by atoms with Crippen LogP contribution in [0.4, 0.5) is 0 Å².